The van der Waals surface area contributed by atoms with Crippen molar-refractivity contribution < 1.29 is 9.53 Å². The van der Waals surface area contributed by atoms with Crippen molar-refractivity contribution in [3.8, 4) is 5.75 Å². The standard InChI is InChI=1S/C24H23ClN2O2/c25-23-9-5-4-6-20(23)18-29-22-12-10-19(11-13-22)24(28)27-16-14-26(15-17-27)21-7-2-1-3-8-21/h1-13H,14-18H2. The topological polar surface area (TPSA) is 32.8 Å². The number of para-hydroxylation sites is 1. The van der Waals surface area contributed by atoms with Gasteiger partial charge in [-0.15, -0.1) is 0 Å². The minimum Gasteiger partial charge on any atom is -0.489 e. The average molecular weight is 407 g/mol. The Morgan fingerprint density at radius 1 is 0.828 bits per heavy atom. The van der Waals surface area contributed by atoms with Crippen LogP contribution in [0.4, 0.5) is 5.69 Å². The smallest absolute Gasteiger partial charge is 0.253 e. The summed E-state index contributed by atoms with van der Waals surface area (Å²) >= 11 is 6.16. The summed E-state index contributed by atoms with van der Waals surface area (Å²) in [6, 6.07) is 25.3. The van der Waals surface area contributed by atoms with E-state index in [0.717, 1.165) is 37.5 Å². The van der Waals surface area contributed by atoms with Crippen LogP contribution in [0.15, 0.2) is 78.9 Å². The van der Waals surface area contributed by atoms with Crippen LogP contribution in [-0.2, 0) is 6.61 Å². The van der Waals surface area contributed by atoms with Gasteiger partial charge in [0.05, 0.1) is 0 Å². The Bertz CT molecular complexity index is 952. The molecule has 29 heavy (non-hydrogen) atoms. The number of ether oxygens (including phenoxy) is 1. The van der Waals surface area contributed by atoms with Gasteiger partial charge >= 0.3 is 0 Å². The maximum absolute atomic E-state index is 12.8. The summed E-state index contributed by atoms with van der Waals surface area (Å²) < 4.78 is 5.80. The van der Waals surface area contributed by atoms with Gasteiger partial charge in [-0.25, -0.2) is 0 Å². The van der Waals surface area contributed by atoms with Gasteiger partial charge in [0.15, 0.2) is 0 Å². The van der Waals surface area contributed by atoms with Crippen LogP contribution in [0, 0.1) is 0 Å². The molecule has 4 nitrogen and oxygen atoms in total. The number of amides is 1. The maximum Gasteiger partial charge on any atom is 0.253 e. The van der Waals surface area contributed by atoms with Crippen molar-refractivity contribution in [1.29, 1.82) is 0 Å². The van der Waals surface area contributed by atoms with E-state index in [1.165, 1.54) is 5.69 Å². The third kappa shape index (κ3) is 4.72. The maximum atomic E-state index is 12.8. The van der Waals surface area contributed by atoms with Gasteiger partial charge in [-0.1, -0.05) is 48.0 Å². The molecular formula is C24H23ClN2O2. The Morgan fingerprint density at radius 2 is 1.48 bits per heavy atom. The second kappa shape index (κ2) is 9.01. The van der Waals surface area contributed by atoms with Gasteiger partial charge < -0.3 is 14.5 Å². The van der Waals surface area contributed by atoms with Crippen LogP contribution in [0.5, 0.6) is 5.75 Å². The van der Waals surface area contributed by atoms with E-state index in [0.29, 0.717) is 17.2 Å². The average Bonchev–Trinajstić information content (AvgIpc) is 2.79. The highest BCUT2D eigenvalue weighted by Crippen LogP contribution is 2.20. The number of halogens is 1. The van der Waals surface area contributed by atoms with Crippen LogP contribution in [0.25, 0.3) is 0 Å². The fraction of sp³-hybridized carbons (Fsp3) is 0.208. The van der Waals surface area contributed by atoms with Crippen molar-refractivity contribution in [2.24, 2.45) is 0 Å². The Balaban J connectivity index is 1.32. The van der Waals surface area contributed by atoms with E-state index in [2.05, 4.69) is 17.0 Å². The molecular weight excluding hydrogens is 384 g/mol. The molecule has 0 radical (unpaired) electrons. The number of carbonyl (C=O) groups excluding carboxylic acids is 1. The van der Waals surface area contributed by atoms with Gasteiger partial charge in [0.25, 0.3) is 5.91 Å². The Morgan fingerprint density at radius 3 is 2.17 bits per heavy atom. The molecule has 1 amide bonds. The van der Waals surface area contributed by atoms with E-state index in [1.54, 1.807) is 0 Å². The van der Waals surface area contributed by atoms with E-state index in [4.69, 9.17) is 16.3 Å². The van der Waals surface area contributed by atoms with Crippen molar-refractivity contribution in [2.45, 2.75) is 6.61 Å². The summed E-state index contributed by atoms with van der Waals surface area (Å²) in [5, 5.41) is 0.689. The van der Waals surface area contributed by atoms with Crippen LogP contribution in [0.3, 0.4) is 0 Å². The predicted molar refractivity (Wildman–Crippen MR) is 117 cm³/mol. The SMILES string of the molecule is O=C(c1ccc(OCc2ccccc2Cl)cc1)N1CCN(c2ccccc2)CC1. The lowest BCUT2D eigenvalue weighted by molar-refractivity contribution is 0.0746. The lowest BCUT2D eigenvalue weighted by Gasteiger charge is -2.36. The zero-order valence-electron chi connectivity index (χ0n) is 16.1. The minimum atomic E-state index is 0.0652. The lowest BCUT2D eigenvalue weighted by atomic mass is 10.1. The molecule has 3 aromatic carbocycles. The molecule has 0 saturated carbocycles. The number of rotatable bonds is 5. The first kappa shape index (κ1) is 19.3. The molecule has 1 heterocycles. The van der Waals surface area contributed by atoms with Crippen LogP contribution < -0.4 is 9.64 Å². The number of hydrogen-bond acceptors (Lipinski definition) is 3. The van der Waals surface area contributed by atoms with E-state index in [9.17, 15) is 4.79 Å². The summed E-state index contributed by atoms with van der Waals surface area (Å²) in [4.78, 5) is 17.1. The molecule has 0 N–H and O–H groups in total. The molecule has 0 spiro atoms. The number of anilines is 1. The van der Waals surface area contributed by atoms with E-state index >= 15 is 0 Å². The van der Waals surface area contributed by atoms with E-state index < -0.39 is 0 Å². The van der Waals surface area contributed by atoms with Gasteiger partial charge in [0.1, 0.15) is 12.4 Å². The van der Waals surface area contributed by atoms with Gasteiger partial charge in [-0.05, 0) is 42.5 Å². The van der Waals surface area contributed by atoms with Crippen LogP contribution >= 0.6 is 11.6 Å². The lowest BCUT2D eigenvalue weighted by Crippen LogP contribution is -2.48. The van der Waals surface area contributed by atoms with Crippen molar-refractivity contribution >= 4 is 23.2 Å². The molecule has 1 fully saturated rings. The number of benzene rings is 3. The number of hydrogen-bond donors (Lipinski definition) is 0. The molecule has 3 aromatic rings. The first-order valence-corrected chi connectivity index (χ1v) is 10.1. The molecule has 1 saturated heterocycles. The third-order valence-corrected chi connectivity index (χ3v) is 5.51. The molecule has 0 bridgehead atoms. The molecule has 1 aliphatic heterocycles. The third-order valence-electron chi connectivity index (χ3n) is 5.14. The van der Waals surface area contributed by atoms with Crippen LogP contribution in [0.1, 0.15) is 15.9 Å². The van der Waals surface area contributed by atoms with Gasteiger partial charge in [0.2, 0.25) is 0 Å². The molecule has 148 valence electrons. The van der Waals surface area contributed by atoms with E-state index in [1.807, 2.05) is 71.6 Å². The quantitative estimate of drug-likeness (QED) is 0.605. The second-order valence-corrected chi connectivity index (χ2v) is 7.43. The molecule has 0 atom stereocenters. The number of piperazine rings is 1. The summed E-state index contributed by atoms with van der Waals surface area (Å²) in [6.07, 6.45) is 0. The molecule has 0 unspecified atom stereocenters. The Kier molecular flexibility index (Phi) is 6.01. The summed E-state index contributed by atoms with van der Waals surface area (Å²) in [7, 11) is 0. The fourth-order valence-electron chi connectivity index (χ4n) is 3.46. The van der Waals surface area contributed by atoms with Crippen molar-refractivity contribution in [3.63, 3.8) is 0 Å². The summed E-state index contributed by atoms with van der Waals surface area (Å²) in [6.45, 7) is 3.52. The van der Waals surface area contributed by atoms with Crippen molar-refractivity contribution in [2.75, 3.05) is 31.1 Å². The Hall–Kier alpha value is -2.98. The molecule has 4 rings (SSSR count). The largest absolute Gasteiger partial charge is 0.489 e. The minimum absolute atomic E-state index is 0.0652. The first-order chi connectivity index (χ1) is 14.2. The highest BCUT2D eigenvalue weighted by Gasteiger charge is 2.22. The van der Waals surface area contributed by atoms with Crippen molar-refractivity contribution in [1.82, 2.24) is 4.90 Å². The van der Waals surface area contributed by atoms with Gasteiger partial charge in [-0.2, -0.15) is 0 Å². The monoisotopic (exact) mass is 406 g/mol. The summed E-state index contributed by atoms with van der Waals surface area (Å²) in [5.41, 5.74) is 2.83. The fourth-order valence-corrected chi connectivity index (χ4v) is 3.65. The van der Waals surface area contributed by atoms with Crippen molar-refractivity contribution in [3.05, 3.63) is 95.0 Å². The molecule has 1 aliphatic rings. The van der Waals surface area contributed by atoms with Gasteiger partial charge in [-0.3, -0.25) is 4.79 Å². The van der Waals surface area contributed by atoms with E-state index in [-0.39, 0.29) is 5.91 Å². The molecule has 0 aromatic heterocycles. The Labute approximate surface area is 176 Å². The number of nitrogens with zero attached hydrogens (tertiary/aromatic N) is 2. The predicted octanol–water partition coefficient (Wildman–Crippen LogP) is 4.88. The zero-order valence-corrected chi connectivity index (χ0v) is 16.9. The zero-order chi connectivity index (χ0) is 20.1. The highest BCUT2D eigenvalue weighted by molar-refractivity contribution is 6.31. The molecule has 0 aliphatic carbocycles. The highest BCUT2D eigenvalue weighted by atomic mass is 35.5. The first-order valence-electron chi connectivity index (χ1n) is 9.76. The summed E-state index contributed by atoms with van der Waals surface area (Å²) in [5.74, 6) is 0.783. The molecule has 5 heteroatoms. The van der Waals surface area contributed by atoms with Crippen LogP contribution in [0.2, 0.25) is 5.02 Å². The normalized spacial score (nSPS) is 14.0. The number of carbonyl (C=O) groups is 1. The van der Waals surface area contributed by atoms with Gasteiger partial charge in [0, 0.05) is 48.0 Å². The van der Waals surface area contributed by atoms with Crippen LogP contribution in [-0.4, -0.2) is 37.0 Å². The second-order valence-electron chi connectivity index (χ2n) is 7.02.